The molecular weight excluding hydrogens is 298 g/mol. The van der Waals surface area contributed by atoms with Gasteiger partial charge in [-0.1, -0.05) is 30.3 Å². The number of carbonyl (C=O) groups excluding carboxylic acids is 1. The Morgan fingerprint density at radius 2 is 1.82 bits per heavy atom. The van der Waals surface area contributed by atoms with Gasteiger partial charge in [-0.05, 0) is 24.3 Å². The van der Waals surface area contributed by atoms with Gasteiger partial charge < -0.3 is 14.8 Å². The summed E-state index contributed by atoms with van der Waals surface area (Å²) in [7, 11) is 0. The molecular formula is C17H17NO3S. The van der Waals surface area contributed by atoms with Crippen LogP contribution in [0.3, 0.4) is 0 Å². The van der Waals surface area contributed by atoms with Crippen LogP contribution < -0.4 is 14.8 Å². The first-order chi connectivity index (χ1) is 10.8. The molecule has 0 spiro atoms. The molecule has 2 aromatic carbocycles. The average Bonchev–Trinajstić information content (AvgIpc) is 2.59. The van der Waals surface area contributed by atoms with Gasteiger partial charge in [-0.3, -0.25) is 4.79 Å². The normalized spacial score (nSPS) is 16.1. The first-order valence-corrected chi connectivity index (χ1v) is 8.15. The van der Waals surface area contributed by atoms with E-state index in [9.17, 15) is 4.79 Å². The number of benzene rings is 2. The zero-order valence-electron chi connectivity index (χ0n) is 12.0. The lowest BCUT2D eigenvalue weighted by atomic mass is 10.2. The number of carbonyl (C=O) groups is 1. The van der Waals surface area contributed by atoms with Gasteiger partial charge in [0.05, 0.1) is 0 Å². The largest absolute Gasteiger partial charge is 0.485 e. The van der Waals surface area contributed by atoms with Gasteiger partial charge in [-0.2, -0.15) is 0 Å². The minimum Gasteiger partial charge on any atom is -0.485 e. The van der Waals surface area contributed by atoms with E-state index in [1.54, 1.807) is 17.8 Å². The molecule has 0 saturated carbocycles. The van der Waals surface area contributed by atoms with Gasteiger partial charge in [0.1, 0.15) is 6.61 Å². The third kappa shape index (κ3) is 3.74. The van der Waals surface area contributed by atoms with Crippen molar-refractivity contribution in [2.45, 2.75) is 11.0 Å². The second kappa shape index (κ2) is 7.22. The Bertz CT molecular complexity index is 633. The van der Waals surface area contributed by atoms with Crippen LogP contribution in [0.2, 0.25) is 0 Å². The Morgan fingerprint density at radius 3 is 2.64 bits per heavy atom. The Labute approximate surface area is 133 Å². The number of hydrogen-bond donors (Lipinski definition) is 1. The molecule has 0 saturated heterocycles. The van der Waals surface area contributed by atoms with Crippen molar-refractivity contribution in [3.8, 4) is 11.5 Å². The number of amides is 1. The van der Waals surface area contributed by atoms with Gasteiger partial charge in [0.25, 0.3) is 5.91 Å². The van der Waals surface area contributed by atoms with Crippen LogP contribution in [0.25, 0.3) is 0 Å². The van der Waals surface area contributed by atoms with E-state index in [4.69, 9.17) is 9.47 Å². The van der Waals surface area contributed by atoms with Gasteiger partial charge in [-0.25, -0.2) is 0 Å². The van der Waals surface area contributed by atoms with Crippen LogP contribution >= 0.6 is 11.8 Å². The summed E-state index contributed by atoms with van der Waals surface area (Å²) in [5.41, 5.74) is 0. The fourth-order valence-corrected chi connectivity index (χ4v) is 2.91. The number of ether oxygens (including phenoxy) is 2. The van der Waals surface area contributed by atoms with E-state index in [-0.39, 0.29) is 12.5 Å². The molecule has 114 valence electrons. The van der Waals surface area contributed by atoms with Crippen LogP contribution in [0.4, 0.5) is 0 Å². The average molecular weight is 315 g/mol. The fraction of sp³-hybridized carbons (Fsp3) is 0.235. The molecule has 22 heavy (non-hydrogen) atoms. The van der Waals surface area contributed by atoms with Crippen molar-refractivity contribution in [3.05, 3.63) is 54.6 Å². The summed E-state index contributed by atoms with van der Waals surface area (Å²) in [5.74, 6) is 1.99. The van der Waals surface area contributed by atoms with Crippen LogP contribution in [0.5, 0.6) is 11.5 Å². The fourth-order valence-electron chi connectivity index (χ4n) is 2.12. The molecule has 1 amide bonds. The van der Waals surface area contributed by atoms with Crippen LogP contribution in [-0.2, 0) is 4.79 Å². The van der Waals surface area contributed by atoms with Gasteiger partial charge in [-0.15, -0.1) is 11.8 Å². The topological polar surface area (TPSA) is 47.6 Å². The van der Waals surface area contributed by atoms with Gasteiger partial charge in [0, 0.05) is 17.2 Å². The quantitative estimate of drug-likeness (QED) is 0.681. The summed E-state index contributed by atoms with van der Waals surface area (Å²) in [6.45, 7) is 0.842. The summed E-state index contributed by atoms with van der Waals surface area (Å²) in [6, 6.07) is 17.5. The third-order valence-electron chi connectivity index (χ3n) is 3.21. The predicted octanol–water partition coefficient (Wildman–Crippen LogP) is 2.73. The Hall–Kier alpha value is -2.14. The summed E-state index contributed by atoms with van der Waals surface area (Å²) < 4.78 is 11.2. The van der Waals surface area contributed by atoms with Gasteiger partial charge >= 0.3 is 0 Å². The molecule has 1 aliphatic rings. The summed E-state index contributed by atoms with van der Waals surface area (Å²) >= 11 is 1.71. The van der Waals surface area contributed by atoms with Crippen LogP contribution in [0.15, 0.2) is 59.5 Å². The maximum Gasteiger partial charge on any atom is 0.264 e. The van der Waals surface area contributed by atoms with E-state index < -0.39 is 6.10 Å². The zero-order chi connectivity index (χ0) is 15.2. The second-order valence-corrected chi connectivity index (χ2v) is 5.99. The number of hydrogen-bond acceptors (Lipinski definition) is 4. The van der Waals surface area contributed by atoms with Crippen molar-refractivity contribution < 1.29 is 14.3 Å². The highest BCUT2D eigenvalue weighted by Gasteiger charge is 2.26. The van der Waals surface area contributed by atoms with E-state index in [1.165, 1.54) is 4.90 Å². The number of para-hydroxylation sites is 2. The standard InChI is InChI=1S/C17H17NO3S/c19-17(18-10-11-22-13-6-2-1-3-7-13)16-12-20-14-8-4-5-9-15(14)21-16/h1-9,16H,10-12H2,(H,18,19)/t16-/m0/s1. The molecule has 4 nitrogen and oxygen atoms in total. The summed E-state index contributed by atoms with van der Waals surface area (Å²) in [4.78, 5) is 13.3. The Kier molecular flexibility index (Phi) is 4.85. The summed E-state index contributed by atoms with van der Waals surface area (Å²) in [5, 5.41) is 2.89. The second-order valence-electron chi connectivity index (χ2n) is 4.82. The smallest absolute Gasteiger partial charge is 0.264 e. The molecule has 5 heteroatoms. The Balaban J connectivity index is 1.43. The van der Waals surface area contributed by atoms with Crippen molar-refractivity contribution in [1.82, 2.24) is 5.32 Å². The molecule has 0 aromatic heterocycles. The lowest BCUT2D eigenvalue weighted by Gasteiger charge is -2.25. The Morgan fingerprint density at radius 1 is 1.09 bits per heavy atom. The lowest BCUT2D eigenvalue weighted by Crippen LogP contribution is -2.44. The highest BCUT2D eigenvalue weighted by Crippen LogP contribution is 2.30. The SMILES string of the molecule is O=C(NCCSc1ccccc1)[C@@H]1COc2ccccc2O1. The maximum atomic E-state index is 12.1. The minimum absolute atomic E-state index is 0.136. The third-order valence-corrected chi connectivity index (χ3v) is 4.23. The molecule has 0 aliphatic carbocycles. The molecule has 3 rings (SSSR count). The van der Waals surface area contributed by atoms with Gasteiger partial charge in [0.15, 0.2) is 11.5 Å². The van der Waals surface area contributed by atoms with Crippen molar-refractivity contribution in [3.63, 3.8) is 0 Å². The van der Waals surface area contributed by atoms with E-state index >= 15 is 0 Å². The van der Waals surface area contributed by atoms with Crippen molar-refractivity contribution in [2.24, 2.45) is 0 Å². The van der Waals surface area contributed by atoms with Crippen molar-refractivity contribution >= 4 is 17.7 Å². The summed E-state index contributed by atoms with van der Waals surface area (Å²) in [6.07, 6.45) is -0.586. The molecule has 0 fully saturated rings. The predicted molar refractivity (Wildman–Crippen MR) is 86.5 cm³/mol. The monoisotopic (exact) mass is 315 g/mol. The first-order valence-electron chi connectivity index (χ1n) is 7.17. The van der Waals surface area contributed by atoms with Crippen LogP contribution in [-0.4, -0.2) is 30.9 Å². The first kappa shape index (κ1) is 14.8. The highest BCUT2D eigenvalue weighted by atomic mass is 32.2. The lowest BCUT2D eigenvalue weighted by molar-refractivity contribution is -0.130. The molecule has 0 bridgehead atoms. The molecule has 0 unspecified atom stereocenters. The van der Waals surface area contributed by atoms with Crippen LogP contribution in [0, 0.1) is 0 Å². The number of fused-ring (bicyclic) bond motifs is 1. The molecule has 0 radical (unpaired) electrons. The maximum absolute atomic E-state index is 12.1. The zero-order valence-corrected chi connectivity index (χ0v) is 12.8. The number of thioether (sulfide) groups is 1. The van der Waals surface area contributed by atoms with Crippen LogP contribution in [0.1, 0.15) is 0 Å². The molecule has 1 N–H and O–H groups in total. The number of nitrogens with one attached hydrogen (secondary N) is 1. The molecule has 1 heterocycles. The molecule has 1 aliphatic heterocycles. The highest BCUT2D eigenvalue weighted by molar-refractivity contribution is 7.99. The number of rotatable bonds is 5. The van der Waals surface area contributed by atoms with E-state index in [1.807, 2.05) is 36.4 Å². The van der Waals surface area contributed by atoms with E-state index in [0.717, 1.165) is 5.75 Å². The van der Waals surface area contributed by atoms with E-state index in [0.29, 0.717) is 18.0 Å². The van der Waals surface area contributed by atoms with E-state index in [2.05, 4.69) is 17.4 Å². The minimum atomic E-state index is -0.586. The van der Waals surface area contributed by atoms with Crippen molar-refractivity contribution in [1.29, 1.82) is 0 Å². The molecule has 2 aromatic rings. The molecule has 1 atom stereocenters. The van der Waals surface area contributed by atoms with Gasteiger partial charge in [0.2, 0.25) is 6.10 Å². The van der Waals surface area contributed by atoms with Crippen molar-refractivity contribution in [2.75, 3.05) is 18.9 Å².